The van der Waals surface area contributed by atoms with Gasteiger partial charge in [-0.2, -0.15) is 0 Å². The molecule has 0 aromatic rings. The molecule has 0 aromatic carbocycles. The van der Waals surface area contributed by atoms with Crippen LogP contribution in [-0.4, -0.2) is 23.7 Å². The largest absolute Gasteiger partial charge is 0.396 e. The molecule has 0 fully saturated rings. The highest BCUT2D eigenvalue weighted by Gasteiger charge is 2.03. The SMILES string of the molecule is C=C[C@H](CCCO)NC(C)=O. The van der Waals surface area contributed by atoms with Crippen molar-refractivity contribution in [1.82, 2.24) is 5.32 Å². The van der Waals surface area contributed by atoms with Crippen molar-refractivity contribution in [2.45, 2.75) is 25.8 Å². The Labute approximate surface area is 67.1 Å². The molecular formula is C8H15NO2. The van der Waals surface area contributed by atoms with Gasteiger partial charge >= 0.3 is 0 Å². The molecule has 64 valence electrons. The maximum atomic E-state index is 10.6. The summed E-state index contributed by atoms with van der Waals surface area (Å²) in [6, 6.07) is -0.000324. The number of hydrogen-bond donors (Lipinski definition) is 2. The van der Waals surface area contributed by atoms with Crippen LogP contribution >= 0.6 is 0 Å². The zero-order valence-corrected chi connectivity index (χ0v) is 6.84. The smallest absolute Gasteiger partial charge is 0.217 e. The molecule has 0 unspecified atom stereocenters. The first-order chi connectivity index (χ1) is 5.20. The van der Waals surface area contributed by atoms with Gasteiger partial charge in [0.05, 0.1) is 0 Å². The molecule has 0 radical (unpaired) electrons. The molecule has 2 N–H and O–H groups in total. The molecule has 1 atom stereocenters. The molecule has 0 saturated carbocycles. The van der Waals surface area contributed by atoms with Gasteiger partial charge in [0, 0.05) is 19.6 Å². The van der Waals surface area contributed by atoms with Gasteiger partial charge in [-0.25, -0.2) is 0 Å². The summed E-state index contributed by atoms with van der Waals surface area (Å²) in [5.41, 5.74) is 0. The van der Waals surface area contributed by atoms with Gasteiger partial charge in [0.2, 0.25) is 5.91 Å². The van der Waals surface area contributed by atoms with E-state index in [2.05, 4.69) is 11.9 Å². The van der Waals surface area contributed by atoms with Gasteiger partial charge in [0.25, 0.3) is 0 Å². The van der Waals surface area contributed by atoms with Crippen molar-refractivity contribution in [2.75, 3.05) is 6.61 Å². The molecule has 3 nitrogen and oxygen atoms in total. The fourth-order valence-electron chi connectivity index (χ4n) is 0.821. The van der Waals surface area contributed by atoms with Gasteiger partial charge in [-0.05, 0) is 12.8 Å². The highest BCUT2D eigenvalue weighted by molar-refractivity contribution is 5.73. The summed E-state index contributed by atoms with van der Waals surface area (Å²) in [5.74, 6) is -0.0622. The summed E-state index contributed by atoms with van der Waals surface area (Å²) >= 11 is 0. The van der Waals surface area contributed by atoms with E-state index in [1.165, 1.54) is 6.92 Å². The van der Waals surface area contributed by atoms with Crippen molar-refractivity contribution in [1.29, 1.82) is 0 Å². The summed E-state index contributed by atoms with van der Waals surface area (Å²) in [4.78, 5) is 10.6. The predicted octanol–water partition coefficient (Wildman–Crippen LogP) is 0.450. The Morgan fingerprint density at radius 2 is 2.45 bits per heavy atom. The van der Waals surface area contributed by atoms with E-state index in [4.69, 9.17) is 5.11 Å². The lowest BCUT2D eigenvalue weighted by molar-refractivity contribution is -0.119. The van der Waals surface area contributed by atoms with Crippen LogP contribution in [0.15, 0.2) is 12.7 Å². The standard InChI is InChI=1S/C8H15NO2/c1-3-8(5-4-6-10)9-7(2)11/h3,8,10H,1,4-6H2,2H3,(H,9,11)/t8-/m1/s1. The van der Waals surface area contributed by atoms with Crippen LogP contribution in [0.3, 0.4) is 0 Å². The summed E-state index contributed by atoms with van der Waals surface area (Å²) in [6.45, 7) is 5.20. The minimum atomic E-state index is -0.0622. The molecule has 0 heterocycles. The zero-order chi connectivity index (χ0) is 8.69. The van der Waals surface area contributed by atoms with E-state index in [-0.39, 0.29) is 18.6 Å². The topological polar surface area (TPSA) is 49.3 Å². The molecule has 0 aliphatic heterocycles. The van der Waals surface area contributed by atoms with Crippen LogP contribution in [0.25, 0.3) is 0 Å². The van der Waals surface area contributed by atoms with Crippen LogP contribution in [-0.2, 0) is 4.79 Å². The Balaban J connectivity index is 3.57. The van der Waals surface area contributed by atoms with Crippen LogP contribution in [0.2, 0.25) is 0 Å². The number of carbonyl (C=O) groups is 1. The number of amides is 1. The van der Waals surface area contributed by atoms with E-state index < -0.39 is 0 Å². The molecule has 11 heavy (non-hydrogen) atoms. The molecule has 0 rings (SSSR count). The van der Waals surface area contributed by atoms with E-state index in [0.29, 0.717) is 6.42 Å². The van der Waals surface area contributed by atoms with Crippen LogP contribution in [0, 0.1) is 0 Å². The minimum Gasteiger partial charge on any atom is -0.396 e. The van der Waals surface area contributed by atoms with E-state index in [1.54, 1.807) is 6.08 Å². The van der Waals surface area contributed by atoms with Crippen molar-refractivity contribution < 1.29 is 9.90 Å². The third kappa shape index (κ3) is 5.61. The summed E-state index contributed by atoms with van der Waals surface area (Å²) in [6.07, 6.45) is 3.12. The van der Waals surface area contributed by atoms with Gasteiger partial charge in [0.1, 0.15) is 0 Å². The van der Waals surface area contributed by atoms with Crippen molar-refractivity contribution in [3.8, 4) is 0 Å². The first kappa shape index (κ1) is 10.2. The molecule has 0 aliphatic carbocycles. The maximum absolute atomic E-state index is 10.6. The molecule has 3 heteroatoms. The molecular weight excluding hydrogens is 142 g/mol. The van der Waals surface area contributed by atoms with Gasteiger partial charge in [-0.15, -0.1) is 6.58 Å². The van der Waals surface area contributed by atoms with Gasteiger partial charge < -0.3 is 10.4 Å². The molecule has 0 saturated heterocycles. The Morgan fingerprint density at radius 3 is 2.82 bits per heavy atom. The predicted molar refractivity (Wildman–Crippen MR) is 44.1 cm³/mol. The molecule has 0 spiro atoms. The summed E-state index contributed by atoms with van der Waals surface area (Å²) in [5, 5.41) is 11.2. The van der Waals surface area contributed by atoms with Crippen molar-refractivity contribution in [3.05, 3.63) is 12.7 Å². The second-order valence-corrected chi connectivity index (χ2v) is 2.41. The Hall–Kier alpha value is -0.830. The number of hydrogen-bond acceptors (Lipinski definition) is 2. The average Bonchev–Trinajstić information content (AvgIpc) is 1.97. The van der Waals surface area contributed by atoms with Crippen LogP contribution in [0.1, 0.15) is 19.8 Å². The van der Waals surface area contributed by atoms with E-state index in [1.807, 2.05) is 0 Å². The van der Waals surface area contributed by atoms with E-state index in [0.717, 1.165) is 6.42 Å². The van der Waals surface area contributed by atoms with E-state index >= 15 is 0 Å². The maximum Gasteiger partial charge on any atom is 0.217 e. The number of aliphatic hydroxyl groups excluding tert-OH is 1. The first-order valence-electron chi connectivity index (χ1n) is 3.71. The Kier molecular flexibility index (Phi) is 5.47. The number of carbonyl (C=O) groups excluding carboxylic acids is 1. The minimum absolute atomic E-state index is 0.000324. The summed E-state index contributed by atoms with van der Waals surface area (Å²) < 4.78 is 0. The molecule has 0 bridgehead atoms. The van der Waals surface area contributed by atoms with Crippen LogP contribution in [0.4, 0.5) is 0 Å². The normalized spacial score (nSPS) is 12.2. The Bertz CT molecular complexity index is 134. The highest BCUT2D eigenvalue weighted by atomic mass is 16.2. The summed E-state index contributed by atoms with van der Waals surface area (Å²) in [7, 11) is 0. The third-order valence-electron chi connectivity index (χ3n) is 1.35. The Morgan fingerprint density at radius 1 is 1.82 bits per heavy atom. The lowest BCUT2D eigenvalue weighted by Gasteiger charge is -2.11. The quantitative estimate of drug-likeness (QED) is 0.569. The zero-order valence-electron chi connectivity index (χ0n) is 6.84. The third-order valence-corrected chi connectivity index (χ3v) is 1.35. The van der Waals surface area contributed by atoms with Gasteiger partial charge in [0.15, 0.2) is 0 Å². The number of aliphatic hydroxyl groups is 1. The number of rotatable bonds is 5. The monoisotopic (exact) mass is 157 g/mol. The fourth-order valence-corrected chi connectivity index (χ4v) is 0.821. The molecule has 0 aromatic heterocycles. The van der Waals surface area contributed by atoms with Crippen molar-refractivity contribution >= 4 is 5.91 Å². The first-order valence-corrected chi connectivity index (χ1v) is 3.71. The lowest BCUT2D eigenvalue weighted by Crippen LogP contribution is -2.31. The second kappa shape index (κ2) is 5.92. The lowest BCUT2D eigenvalue weighted by atomic mass is 10.1. The second-order valence-electron chi connectivity index (χ2n) is 2.41. The fraction of sp³-hybridized carbons (Fsp3) is 0.625. The van der Waals surface area contributed by atoms with Crippen molar-refractivity contribution in [3.63, 3.8) is 0 Å². The molecule has 1 amide bonds. The highest BCUT2D eigenvalue weighted by Crippen LogP contribution is 1.96. The number of nitrogens with one attached hydrogen (secondary N) is 1. The van der Waals surface area contributed by atoms with Crippen molar-refractivity contribution in [2.24, 2.45) is 0 Å². The van der Waals surface area contributed by atoms with Crippen LogP contribution in [0.5, 0.6) is 0 Å². The van der Waals surface area contributed by atoms with Gasteiger partial charge in [-0.1, -0.05) is 6.08 Å². The average molecular weight is 157 g/mol. The molecule has 0 aliphatic rings. The van der Waals surface area contributed by atoms with Crippen LogP contribution < -0.4 is 5.32 Å². The van der Waals surface area contributed by atoms with E-state index in [9.17, 15) is 4.79 Å². The van der Waals surface area contributed by atoms with Gasteiger partial charge in [-0.3, -0.25) is 4.79 Å².